The van der Waals surface area contributed by atoms with Crippen LogP contribution in [0, 0.1) is 6.92 Å². The average Bonchev–Trinajstić information content (AvgIpc) is 3.04. The Kier molecular flexibility index (Phi) is 7.29. The molecule has 9 heteroatoms. The van der Waals surface area contributed by atoms with Gasteiger partial charge in [-0.1, -0.05) is 36.4 Å². The van der Waals surface area contributed by atoms with Crippen molar-refractivity contribution in [3.8, 4) is 0 Å². The van der Waals surface area contributed by atoms with Crippen LogP contribution < -0.4 is 4.72 Å². The summed E-state index contributed by atoms with van der Waals surface area (Å²) in [5.74, 6) is -0.258. The minimum atomic E-state index is -3.80. The molecule has 0 aliphatic carbocycles. The average molecular weight is 446 g/mol. The van der Waals surface area contributed by atoms with Gasteiger partial charge in [-0.25, -0.2) is 17.9 Å². The monoisotopic (exact) mass is 445 g/mol. The van der Waals surface area contributed by atoms with Gasteiger partial charge < -0.3 is 14.5 Å². The van der Waals surface area contributed by atoms with Gasteiger partial charge in [-0.3, -0.25) is 4.79 Å². The molecule has 1 fully saturated rings. The summed E-state index contributed by atoms with van der Waals surface area (Å²) in [4.78, 5) is 28.1. The number of nitrogens with zero attached hydrogens (tertiary/aromatic N) is 2. The number of carbonyl (C=O) groups excluding carboxylic acids is 2. The van der Waals surface area contributed by atoms with Crippen molar-refractivity contribution in [3.05, 3.63) is 65.2 Å². The molecular weight excluding hydrogens is 418 g/mol. The van der Waals surface area contributed by atoms with E-state index in [2.05, 4.69) is 4.72 Å². The SMILES string of the molecule is COC(=O)N1CCCN(C(=O)c2ccc(C)c(S(=O)(=O)NCc3ccccc3)c2)CC1. The Labute approximate surface area is 182 Å². The summed E-state index contributed by atoms with van der Waals surface area (Å²) >= 11 is 0. The molecule has 8 nitrogen and oxygen atoms in total. The molecule has 0 saturated carbocycles. The molecule has 0 bridgehead atoms. The predicted octanol–water partition coefficient (Wildman–Crippen LogP) is 2.39. The summed E-state index contributed by atoms with van der Waals surface area (Å²) in [6.45, 7) is 3.58. The van der Waals surface area contributed by atoms with Gasteiger partial charge in [0.25, 0.3) is 5.91 Å². The normalized spacial score (nSPS) is 14.8. The summed E-state index contributed by atoms with van der Waals surface area (Å²) in [5, 5.41) is 0. The van der Waals surface area contributed by atoms with Crippen molar-refractivity contribution < 1.29 is 22.7 Å². The lowest BCUT2D eigenvalue weighted by atomic mass is 10.1. The molecule has 3 rings (SSSR count). The second-order valence-electron chi connectivity index (χ2n) is 7.39. The third kappa shape index (κ3) is 5.62. The summed E-state index contributed by atoms with van der Waals surface area (Å²) in [6.07, 6.45) is 0.207. The smallest absolute Gasteiger partial charge is 0.409 e. The Bertz CT molecular complexity index is 1040. The zero-order chi connectivity index (χ0) is 22.4. The third-order valence-electron chi connectivity index (χ3n) is 5.25. The van der Waals surface area contributed by atoms with Gasteiger partial charge in [0.15, 0.2) is 0 Å². The molecule has 0 unspecified atom stereocenters. The van der Waals surface area contributed by atoms with Crippen LogP contribution >= 0.6 is 0 Å². The van der Waals surface area contributed by atoms with Crippen LogP contribution in [0.15, 0.2) is 53.4 Å². The summed E-state index contributed by atoms with van der Waals surface area (Å²) in [5.41, 5.74) is 1.71. The molecule has 2 aromatic carbocycles. The van der Waals surface area contributed by atoms with E-state index in [-0.39, 0.29) is 17.3 Å². The minimum absolute atomic E-state index is 0.0836. The molecule has 1 N–H and O–H groups in total. The molecule has 0 aromatic heterocycles. The number of hydrogen-bond acceptors (Lipinski definition) is 5. The summed E-state index contributed by atoms with van der Waals surface area (Å²) in [7, 11) is -2.47. The lowest BCUT2D eigenvalue weighted by Crippen LogP contribution is -2.37. The van der Waals surface area contributed by atoms with Crippen LogP contribution in [0.3, 0.4) is 0 Å². The van der Waals surface area contributed by atoms with Gasteiger partial charge in [-0.2, -0.15) is 0 Å². The zero-order valence-electron chi connectivity index (χ0n) is 17.7. The van der Waals surface area contributed by atoms with E-state index in [0.717, 1.165) is 5.56 Å². The Morgan fingerprint density at radius 3 is 2.39 bits per heavy atom. The fourth-order valence-electron chi connectivity index (χ4n) is 3.49. The molecule has 1 aliphatic rings. The minimum Gasteiger partial charge on any atom is -0.453 e. The van der Waals surface area contributed by atoms with Crippen LogP contribution in [0.4, 0.5) is 4.79 Å². The lowest BCUT2D eigenvalue weighted by Gasteiger charge is -2.22. The van der Waals surface area contributed by atoms with Crippen LogP contribution in [0.1, 0.15) is 27.9 Å². The van der Waals surface area contributed by atoms with Crippen LogP contribution in [-0.4, -0.2) is 63.5 Å². The molecule has 166 valence electrons. The van der Waals surface area contributed by atoms with E-state index in [1.807, 2.05) is 30.3 Å². The fourth-order valence-corrected chi connectivity index (χ4v) is 4.78. The number of sulfonamides is 1. The van der Waals surface area contributed by atoms with E-state index in [0.29, 0.717) is 43.7 Å². The number of hydrogen-bond donors (Lipinski definition) is 1. The predicted molar refractivity (Wildman–Crippen MR) is 116 cm³/mol. The van der Waals surface area contributed by atoms with E-state index >= 15 is 0 Å². The van der Waals surface area contributed by atoms with Gasteiger partial charge in [-0.05, 0) is 36.6 Å². The second kappa shape index (κ2) is 9.93. The summed E-state index contributed by atoms with van der Waals surface area (Å²) < 4.78 is 33.1. The molecule has 0 radical (unpaired) electrons. The first-order valence-corrected chi connectivity index (χ1v) is 11.6. The van der Waals surface area contributed by atoms with Crippen molar-refractivity contribution in [1.29, 1.82) is 0 Å². The second-order valence-corrected chi connectivity index (χ2v) is 9.13. The molecule has 0 atom stereocenters. The topological polar surface area (TPSA) is 96.0 Å². The van der Waals surface area contributed by atoms with Gasteiger partial charge >= 0.3 is 6.09 Å². The number of amides is 2. The van der Waals surface area contributed by atoms with Crippen LogP contribution in [0.25, 0.3) is 0 Å². The Morgan fingerprint density at radius 1 is 1.00 bits per heavy atom. The number of aryl methyl sites for hydroxylation is 1. The van der Waals surface area contributed by atoms with Crippen molar-refractivity contribution in [2.75, 3.05) is 33.3 Å². The number of methoxy groups -OCH3 is 1. The van der Waals surface area contributed by atoms with Gasteiger partial charge in [-0.15, -0.1) is 0 Å². The molecular formula is C22H27N3O5S. The van der Waals surface area contributed by atoms with Crippen LogP contribution in [-0.2, 0) is 21.3 Å². The van der Waals surface area contributed by atoms with E-state index in [1.165, 1.54) is 13.2 Å². The van der Waals surface area contributed by atoms with Gasteiger partial charge in [0.05, 0.1) is 12.0 Å². The molecule has 2 amide bonds. The maximum Gasteiger partial charge on any atom is 0.409 e. The van der Waals surface area contributed by atoms with Crippen molar-refractivity contribution >= 4 is 22.0 Å². The molecule has 1 aliphatic heterocycles. The Morgan fingerprint density at radius 2 is 1.68 bits per heavy atom. The standard InChI is InChI=1S/C22H27N3O5S/c1-17-9-10-19(21(26)24-11-6-12-25(14-13-24)22(27)30-2)15-20(17)31(28,29)23-16-18-7-4-3-5-8-18/h3-5,7-10,15,23H,6,11-14,16H2,1-2H3. The quantitative estimate of drug-likeness (QED) is 0.762. The van der Waals surface area contributed by atoms with E-state index in [1.54, 1.807) is 28.9 Å². The van der Waals surface area contributed by atoms with E-state index in [9.17, 15) is 18.0 Å². The third-order valence-corrected chi connectivity index (χ3v) is 6.79. The molecule has 0 spiro atoms. The largest absolute Gasteiger partial charge is 0.453 e. The fraction of sp³-hybridized carbons (Fsp3) is 0.364. The van der Waals surface area contributed by atoms with Crippen LogP contribution in [0.2, 0.25) is 0 Å². The van der Waals surface area contributed by atoms with Gasteiger partial charge in [0.1, 0.15) is 0 Å². The van der Waals surface area contributed by atoms with Gasteiger partial charge in [0, 0.05) is 38.3 Å². The first kappa shape index (κ1) is 22.8. The first-order valence-electron chi connectivity index (χ1n) is 10.1. The highest BCUT2D eigenvalue weighted by Crippen LogP contribution is 2.19. The van der Waals surface area contributed by atoms with Gasteiger partial charge in [0.2, 0.25) is 10.0 Å². The summed E-state index contributed by atoms with van der Waals surface area (Å²) in [6, 6.07) is 13.9. The molecule has 1 heterocycles. The Balaban J connectivity index is 1.75. The highest BCUT2D eigenvalue weighted by atomic mass is 32.2. The number of rotatable bonds is 5. The zero-order valence-corrected chi connectivity index (χ0v) is 18.5. The maximum atomic E-state index is 13.0. The van der Waals surface area contributed by atoms with Crippen molar-refractivity contribution in [2.24, 2.45) is 0 Å². The number of carbonyl (C=O) groups is 2. The molecule has 2 aromatic rings. The first-order chi connectivity index (χ1) is 14.8. The van der Waals surface area contributed by atoms with Crippen molar-refractivity contribution in [1.82, 2.24) is 14.5 Å². The van der Waals surface area contributed by atoms with Crippen molar-refractivity contribution in [3.63, 3.8) is 0 Å². The van der Waals surface area contributed by atoms with Crippen LogP contribution in [0.5, 0.6) is 0 Å². The molecule has 1 saturated heterocycles. The highest BCUT2D eigenvalue weighted by molar-refractivity contribution is 7.89. The number of ether oxygens (including phenoxy) is 1. The van der Waals surface area contributed by atoms with Crippen molar-refractivity contribution in [2.45, 2.75) is 24.8 Å². The Hall–Kier alpha value is -2.91. The van der Waals surface area contributed by atoms with E-state index < -0.39 is 16.1 Å². The van der Waals surface area contributed by atoms with E-state index in [4.69, 9.17) is 4.74 Å². The maximum absolute atomic E-state index is 13.0. The highest BCUT2D eigenvalue weighted by Gasteiger charge is 2.25. The number of nitrogens with one attached hydrogen (secondary N) is 1. The molecule has 31 heavy (non-hydrogen) atoms. The lowest BCUT2D eigenvalue weighted by molar-refractivity contribution is 0.0757. The number of benzene rings is 2.